The minimum Gasteiger partial charge on any atom is -0.383 e. The molecule has 1 rings (SSSR count). The van der Waals surface area contributed by atoms with Gasteiger partial charge in [-0.25, -0.2) is 4.99 Å². The molecule has 0 unspecified atom stereocenters. The minimum absolute atomic E-state index is 0. The van der Waals surface area contributed by atoms with E-state index in [0.717, 1.165) is 57.4 Å². The Morgan fingerprint density at radius 3 is 2.67 bits per heavy atom. The standard InChI is InChI=1S/C16H32N4O3.HI/c1-4-17-16(19-13-15(21)18-8-12-22-3)20(2)9-5-14-6-10-23-11-7-14;/h14H,4-13H2,1-3H3,(H,17,19)(H,18,21);1H. The molecular formula is C16H33IN4O3. The van der Waals surface area contributed by atoms with Crippen LogP contribution in [0.5, 0.6) is 0 Å². The summed E-state index contributed by atoms with van der Waals surface area (Å²) in [7, 11) is 3.63. The normalized spacial score (nSPS) is 15.5. The number of hydrogen-bond donors (Lipinski definition) is 2. The van der Waals surface area contributed by atoms with Crippen LogP contribution < -0.4 is 10.6 Å². The Bertz CT molecular complexity index is 363. The van der Waals surface area contributed by atoms with Gasteiger partial charge in [-0.05, 0) is 32.1 Å². The Hall–Kier alpha value is -0.610. The molecule has 0 saturated carbocycles. The number of hydrogen-bond acceptors (Lipinski definition) is 4. The van der Waals surface area contributed by atoms with Crippen LogP contribution in [0, 0.1) is 5.92 Å². The van der Waals surface area contributed by atoms with E-state index >= 15 is 0 Å². The highest BCUT2D eigenvalue weighted by Gasteiger charge is 2.15. The van der Waals surface area contributed by atoms with E-state index in [1.807, 2.05) is 14.0 Å². The molecule has 0 aliphatic carbocycles. The number of nitrogens with one attached hydrogen (secondary N) is 2. The third-order valence-corrected chi connectivity index (χ3v) is 3.91. The van der Waals surface area contributed by atoms with Gasteiger partial charge in [0.15, 0.2) is 5.96 Å². The fourth-order valence-electron chi connectivity index (χ4n) is 2.48. The zero-order chi connectivity index (χ0) is 16.9. The molecule has 0 radical (unpaired) electrons. The lowest BCUT2D eigenvalue weighted by molar-refractivity contribution is -0.119. The number of carbonyl (C=O) groups is 1. The van der Waals surface area contributed by atoms with Crippen LogP contribution in [-0.2, 0) is 14.3 Å². The van der Waals surface area contributed by atoms with Gasteiger partial charge in [-0.2, -0.15) is 0 Å². The number of carbonyl (C=O) groups excluding carboxylic acids is 1. The van der Waals surface area contributed by atoms with Gasteiger partial charge in [-0.1, -0.05) is 0 Å². The first kappa shape index (κ1) is 23.4. The minimum atomic E-state index is -0.0877. The molecule has 0 aromatic rings. The fourth-order valence-corrected chi connectivity index (χ4v) is 2.48. The quantitative estimate of drug-likeness (QED) is 0.235. The summed E-state index contributed by atoms with van der Waals surface area (Å²) < 4.78 is 10.3. The predicted octanol–water partition coefficient (Wildman–Crippen LogP) is 1.08. The number of ether oxygens (including phenoxy) is 2. The van der Waals surface area contributed by atoms with Crippen molar-refractivity contribution in [3.63, 3.8) is 0 Å². The number of halogens is 1. The average Bonchev–Trinajstić information content (AvgIpc) is 2.57. The largest absolute Gasteiger partial charge is 0.383 e. The summed E-state index contributed by atoms with van der Waals surface area (Å²) in [5, 5.41) is 6.01. The van der Waals surface area contributed by atoms with Gasteiger partial charge in [0.1, 0.15) is 6.54 Å². The van der Waals surface area contributed by atoms with Crippen LogP contribution in [0.1, 0.15) is 26.2 Å². The lowest BCUT2D eigenvalue weighted by atomic mass is 9.96. The van der Waals surface area contributed by atoms with Crippen molar-refractivity contribution in [1.29, 1.82) is 0 Å². The van der Waals surface area contributed by atoms with Crippen molar-refractivity contribution in [1.82, 2.24) is 15.5 Å². The van der Waals surface area contributed by atoms with Crippen LogP contribution in [-0.4, -0.2) is 76.9 Å². The molecule has 1 aliphatic rings. The third-order valence-electron chi connectivity index (χ3n) is 3.91. The SMILES string of the molecule is CCNC(=NCC(=O)NCCOC)N(C)CCC1CCOCC1.I. The molecule has 8 heteroatoms. The maximum Gasteiger partial charge on any atom is 0.241 e. The van der Waals surface area contributed by atoms with E-state index in [4.69, 9.17) is 9.47 Å². The monoisotopic (exact) mass is 456 g/mol. The van der Waals surface area contributed by atoms with Crippen molar-refractivity contribution in [3.05, 3.63) is 0 Å². The van der Waals surface area contributed by atoms with Gasteiger partial charge < -0.3 is 25.0 Å². The molecule has 1 fully saturated rings. The van der Waals surface area contributed by atoms with Crippen LogP contribution in [0.15, 0.2) is 4.99 Å². The molecule has 1 amide bonds. The van der Waals surface area contributed by atoms with Gasteiger partial charge in [-0.15, -0.1) is 24.0 Å². The summed E-state index contributed by atoms with van der Waals surface area (Å²) in [5.74, 6) is 1.42. The average molecular weight is 456 g/mol. The summed E-state index contributed by atoms with van der Waals surface area (Å²) in [6.07, 6.45) is 3.41. The van der Waals surface area contributed by atoms with Crippen molar-refractivity contribution in [3.8, 4) is 0 Å². The lowest BCUT2D eigenvalue weighted by Gasteiger charge is -2.26. The molecule has 1 heterocycles. The second-order valence-corrected chi connectivity index (χ2v) is 5.78. The van der Waals surface area contributed by atoms with Gasteiger partial charge in [0, 0.05) is 47.0 Å². The summed E-state index contributed by atoms with van der Waals surface area (Å²) in [4.78, 5) is 18.2. The molecule has 0 spiro atoms. The van der Waals surface area contributed by atoms with E-state index < -0.39 is 0 Å². The highest BCUT2D eigenvalue weighted by atomic mass is 127. The van der Waals surface area contributed by atoms with Crippen LogP contribution in [0.2, 0.25) is 0 Å². The highest BCUT2D eigenvalue weighted by molar-refractivity contribution is 14.0. The molecular weight excluding hydrogens is 423 g/mol. The summed E-state index contributed by atoms with van der Waals surface area (Å²) >= 11 is 0. The van der Waals surface area contributed by atoms with E-state index in [2.05, 4.69) is 20.5 Å². The first-order chi connectivity index (χ1) is 11.2. The highest BCUT2D eigenvalue weighted by Crippen LogP contribution is 2.18. The Labute approximate surface area is 162 Å². The van der Waals surface area contributed by atoms with E-state index in [0.29, 0.717) is 13.2 Å². The van der Waals surface area contributed by atoms with Crippen molar-refractivity contribution in [2.45, 2.75) is 26.2 Å². The third kappa shape index (κ3) is 10.3. The maximum absolute atomic E-state index is 11.7. The molecule has 0 aromatic carbocycles. The Morgan fingerprint density at radius 2 is 2.04 bits per heavy atom. The first-order valence-corrected chi connectivity index (χ1v) is 8.50. The number of amides is 1. The maximum atomic E-state index is 11.7. The van der Waals surface area contributed by atoms with Crippen LogP contribution in [0.25, 0.3) is 0 Å². The summed E-state index contributed by atoms with van der Waals surface area (Å²) in [6, 6.07) is 0. The zero-order valence-electron chi connectivity index (χ0n) is 15.2. The summed E-state index contributed by atoms with van der Waals surface area (Å²) in [6.45, 7) is 6.66. The molecule has 1 aliphatic heterocycles. The topological polar surface area (TPSA) is 75.2 Å². The first-order valence-electron chi connectivity index (χ1n) is 8.50. The second kappa shape index (κ2) is 14.7. The van der Waals surface area contributed by atoms with E-state index in [1.165, 1.54) is 0 Å². The van der Waals surface area contributed by atoms with Crippen molar-refractivity contribution in [2.24, 2.45) is 10.9 Å². The molecule has 7 nitrogen and oxygen atoms in total. The molecule has 24 heavy (non-hydrogen) atoms. The summed E-state index contributed by atoms with van der Waals surface area (Å²) in [5.41, 5.74) is 0. The zero-order valence-corrected chi connectivity index (χ0v) is 17.5. The Morgan fingerprint density at radius 1 is 1.33 bits per heavy atom. The number of methoxy groups -OCH3 is 1. The molecule has 0 aromatic heterocycles. The fraction of sp³-hybridized carbons (Fsp3) is 0.875. The van der Waals surface area contributed by atoms with Gasteiger partial charge in [0.2, 0.25) is 5.91 Å². The number of nitrogens with zero attached hydrogens (tertiary/aromatic N) is 2. The van der Waals surface area contributed by atoms with Gasteiger partial charge in [0.25, 0.3) is 0 Å². The molecule has 1 saturated heterocycles. The van der Waals surface area contributed by atoms with E-state index in [9.17, 15) is 4.79 Å². The lowest BCUT2D eigenvalue weighted by Crippen LogP contribution is -2.41. The number of rotatable bonds is 9. The number of guanidine groups is 1. The van der Waals surface area contributed by atoms with Gasteiger partial charge in [0.05, 0.1) is 6.61 Å². The van der Waals surface area contributed by atoms with Crippen LogP contribution in [0.3, 0.4) is 0 Å². The van der Waals surface area contributed by atoms with E-state index in [1.54, 1.807) is 7.11 Å². The van der Waals surface area contributed by atoms with Crippen molar-refractivity contribution < 1.29 is 14.3 Å². The Kier molecular flexibility index (Phi) is 14.3. The van der Waals surface area contributed by atoms with E-state index in [-0.39, 0.29) is 36.4 Å². The van der Waals surface area contributed by atoms with Crippen molar-refractivity contribution in [2.75, 3.05) is 60.2 Å². The smallest absolute Gasteiger partial charge is 0.241 e. The van der Waals surface area contributed by atoms with Crippen LogP contribution >= 0.6 is 24.0 Å². The van der Waals surface area contributed by atoms with Gasteiger partial charge >= 0.3 is 0 Å². The number of aliphatic imine (C=N–C) groups is 1. The predicted molar refractivity (Wildman–Crippen MR) is 107 cm³/mol. The molecule has 0 atom stereocenters. The molecule has 0 bridgehead atoms. The van der Waals surface area contributed by atoms with Gasteiger partial charge in [-0.3, -0.25) is 4.79 Å². The second-order valence-electron chi connectivity index (χ2n) is 5.78. The Balaban J connectivity index is 0.00000529. The molecule has 142 valence electrons. The van der Waals surface area contributed by atoms with Crippen molar-refractivity contribution >= 4 is 35.8 Å². The molecule has 2 N–H and O–H groups in total. The van der Waals surface area contributed by atoms with Crippen LogP contribution in [0.4, 0.5) is 0 Å².